The molecule has 98 valence electrons. The minimum absolute atomic E-state index is 0.0153. The fourth-order valence-electron chi connectivity index (χ4n) is 2.57. The number of rotatable bonds is 3. The van der Waals surface area contributed by atoms with Crippen LogP contribution in [0.4, 0.5) is 4.39 Å². The minimum Gasteiger partial charge on any atom is -0.352 e. The van der Waals surface area contributed by atoms with Crippen LogP contribution in [0.25, 0.3) is 0 Å². The number of amides is 1. The van der Waals surface area contributed by atoms with E-state index in [0.29, 0.717) is 0 Å². The number of hydrogen-bond acceptors (Lipinski definition) is 2. The third kappa shape index (κ3) is 3.07. The molecule has 0 saturated carbocycles. The van der Waals surface area contributed by atoms with Gasteiger partial charge in [-0.3, -0.25) is 4.79 Å². The van der Waals surface area contributed by atoms with Crippen molar-refractivity contribution in [1.82, 2.24) is 10.6 Å². The van der Waals surface area contributed by atoms with E-state index in [0.717, 1.165) is 18.4 Å². The maximum absolute atomic E-state index is 13.2. The summed E-state index contributed by atoms with van der Waals surface area (Å²) >= 11 is 0. The maximum Gasteiger partial charge on any atom is 0.217 e. The van der Waals surface area contributed by atoms with Crippen molar-refractivity contribution in [2.75, 3.05) is 0 Å². The predicted octanol–water partition coefficient (Wildman–Crippen LogP) is 2.14. The Balaban J connectivity index is 1.98. The average molecular weight is 250 g/mol. The minimum atomic E-state index is -0.201. The molecule has 1 aromatic carbocycles. The van der Waals surface area contributed by atoms with Gasteiger partial charge in [0, 0.05) is 25.0 Å². The second-order valence-electron chi connectivity index (χ2n) is 4.95. The highest BCUT2D eigenvalue weighted by Gasteiger charge is 2.29. The molecule has 1 aromatic rings. The second kappa shape index (κ2) is 5.48. The van der Waals surface area contributed by atoms with E-state index in [2.05, 4.69) is 10.6 Å². The Morgan fingerprint density at radius 3 is 2.94 bits per heavy atom. The van der Waals surface area contributed by atoms with Gasteiger partial charge in [-0.25, -0.2) is 4.39 Å². The number of carbonyl (C=O) groups excluding carboxylic acids is 1. The lowest BCUT2D eigenvalue weighted by Gasteiger charge is -2.21. The zero-order valence-electron chi connectivity index (χ0n) is 10.7. The van der Waals surface area contributed by atoms with Crippen molar-refractivity contribution in [3.05, 3.63) is 35.6 Å². The zero-order chi connectivity index (χ0) is 13.1. The molecular weight excluding hydrogens is 231 g/mol. The van der Waals surface area contributed by atoms with Crippen LogP contribution < -0.4 is 10.6 Å². The Hall–Kier alpha value is -1.42. The van der Waals surface area contributed by atoms with Gasteiger partial charge in [-0.15, -0.1) is 0 Å². The molecule has 18 heavy (non-hydrogen) atoms. The summed E-state index contributed by atoms with van der Waals surface area (Å²) < 4.78 is 13.2. The Morgan fingerprint density at radius 1 is 1.50 bits per heavy atom. The van der Waals surface area contributed by atoms with E-state index in [-0.39, 0.29) is 29.8 Å². The van der Waals surface area contributed by atoms with Crippen LogP contribution >= 0.6 is 0 Å². The molecule has 0 spiro atoms. The molecule has 0 aliphatic carbocycles. The zero-order valence-corrected chi connectivity index (χ0v) is 10.7. The van der Waals surface area contributed by atoms with Crippen molar-refractivity contribution in [1.29, 1.82) is 0 Å². The maximum atomic E-state index is 13.2. The lowest BCUT2D eigenvalue weighted by Crippen LogP contribution is -2.45. The molecule has 1 saturated heterocycles. The second-order valence-corrected chi connectivity index (χ2v) is 4.95. The van der Waals surface area contributed by atoms with Crippen LogP contribution in [0, 0.1) is 5.82 Å². The van der Waals surface area contributed by atoms with Gasteiger partial charge >= 0.3 is 0 Å². The summed E-state index contributed by atoms with van der Waals surface area (Å²) in [5.74, 6) is -0.217. The Morgan fingerprint density at radius 2 is 2.28 bits per heavy atom. The van der Waals surface area contributed by atoms with Gasteiger partial charge in [0.15, 0.2) is 0 Å². The van der Waals surface area contributed by atoms with E-state index in [1.54, 1.807) is 12.1 Å². The summed E-state index contributed by atoms with van der Waals surface area (Å²) in [6.45, 7) is 3.52. The first-order chi connectivity index (χ1) is 8.56. The van der Waals surface area contributed by atoms with Crippen molar-refractivity contribution >= 4 is 5.91 Å². The Bertz CT molecular complexity index is 436. The summed E-state index contributed by atoms with van der Waals surface area (Å²) in [7, 11) is 0. The van der Waals surface area contributed by atoms with E-state index in [9.17, 15) is 9.18 Å². The fourth-order valence-corrected chi connectivity index (χ4v) is 2.57. The normalized spacial score (nSPS) is 24.8. The van der Waals surface area contributed by atoms with Gasteiger partial charge in [-0.1, -0.05) is 12.1 Å². The van der Waals surface area contributed by atoms with E-state index < -0.39 is 0 Å². The summed E-state index contributed by atoms with van der Waals surface area (Å²) in [5.41, 5.74) is 0.979. The van der Waals surface area contributed by atoms with Crippen molar-refractivity contribution in [3.8, 4) is 0 Å². The lowest BCUT2D eigenvalue weighted by atomic mass is 10.0. The highest BCUT2D eigenvalue weighted by molar-refractivity contribution is 5.73. The van der Waals surface area contributed by atoms with Gasteiger partial charge in [0.1, 0.15) is 5.82 Å². The van der Waals surface area contributed by atoms with Crippen molar-refractivity contribution in [3.63, 3.8) is 0 Å². The highest BCUT2D eigenvalue weighted by atomic mass is 19.1. The van der Waals surface area contributed by atoms with Crippen LogP contribution in [-0.2, 0) is 4.79 Å². The molecule has 1 fully saturated rings. The lowest BCUT2D eigenvalue weighted by molar-refractivity contribution is -0.119. The average Bonchev–Trinajstić information content (AvgIpc) is 2.77. The van der Waals surface area contributed by atoms with Gasteiger partial charge < -0.3 is 10.6 Å². The first kappa shape index (κ1) is 13.0. The Labute approximate surface area is 107 Å². The molecule has 0 bridgehead atoms. The molecule has 1 aliphatic rings. The molecule has 1 amide bonds. The summed E-state index contributed by atoms with van der Waals surface area (Å²) in [6, 6.07) is 7.23. The van der Waals surface area contributed by atoms with Crippen LogP contribution in [0.1, 0.15) is 38.3 Å². The van der Waals surface area contributed by atoms with Crippen molar-refractivity contribution in [2.24, 2.45) is 0 Å². The number of carbonyl (C=O) groups is 1. The Kier molecular flexibility index (Phi) is 3.97. The fraction of sp³-hybridized carbons (Fsp3) is 0.500. The van der Waals surface area contributed by atoms with Gasteiger partial charge in [0.2, 0.25) is 5.91 Å². The van der Waals surface area contributed by atoms with Gasteiger partial charge in [0.05, 0.1) is 0 Å². The van der Waals surface area contributed by atoms with E-state index >= 15 is 0 Å². The van der Waals surface area contributed by atoms with Crippen LogP contribution in [-0.4, -0.2) is 18.0 Å². The van der Waals surface area contributed by atoms with Gasteiger partial charge in [0.25, 0.3) is 0 Å². The number of hydrogen-bond donors (Lipinski definition) is 2. The van der Waals surface area contributed by atoms with Gasteiger partial charge in [-0.05, 0) is 37.5 Å². The highest BCUT2D eigenvalue weighted by Crippen LogP contribution is 2.28. The molecule has 3 nitrogen and oxygen atoms in total. The van der Waals surface area contributed by atoms with Crippen LogP contribution in [0.2, 0.25) is 0 Å². The monoisotopic (exact) mass is 250 g/mol. The molecule has 0 radical (unpaired) electrons. The molecular formula is C14H19FN2O. The van der Waals surface area contributed by atoms with Crippen LogP contribution in [0.3, 0.4) is 0 Å². The van der Waals surface area contributed by atoms with Crippen LogP contribution in [0.5, 0.6) is 0 Å². The molecule has 3 atom stereocenters. The third-order valence-corrected chi connectivity index (χ3v) is 3.47. The number of benzene rings is 1. The van der Waals surface area contributed by atoms with Crippen molar-refractivity contribution in [2.45, 2.75) is 44.8 Å². The first-order valence-electron chi connectivity index (χ1n) is 6.35. The molecule has 0 aromatic heterocycles. The van der Waals surface area contributed by atoms with E-state index in [1.165, 1.54) is 13.0 Å². The first-order valence-corrected chi connectivity index (χ1v) is 6.35. The summed E-state index contributed by atoms with van der Waals surface area (Å²) in [4.78, 5) is 11.0. The SMILES string of the molecule is CC(=O)N[C@@H](C)[C@H]1CC[C@@H](c2cccc(F)c2)N1. The molecule has 2 rings (SSSR count). The number of halogens is 1. The molecule has 1 aliphatic heterocycles. The summed E-state index contributed by atoms with van der Waals surface area (Å²) in [5, 5.41) is 6.35. The van der Waals surface area contributed by atoms with Crippen molar-refractivity contribution < 1.29 is 9.18 Å². The molecule has 1 heterocycles. The smallest absolute Gasteiger partial charge is 0.217 e. The molecule has 2 N–H and O–H groups in total. The third-order valence-electron chi connectivity index (χ3n) is 3.47. The predicted molar refractivity (Wildman–Crippen MR) is 68.6 cm³/mol. The van der Waals surface area contributed by atoms with Crippen LogP contribution in [0.15, 0.2) is 24.3 Å². The van der Waals surface area contributed by atoms with Gasteiger partial charge in [-0.2, -0.15) is 0 Å². The number of nitrogens with one attached hydrogen (secondary N) is 2. The standard InChI is InChI=1S/C14H19FN2O/c1-9(16-10(2)18)13-6-7-14(17-13)11-4-3-5-12(15)8-11/h3-5,8-9,13-14,17H,6-7H2,1-2H3,(H,16,18)/t9-,13+,14-/m0/s1. The topological polar surface area (TPSA) is 41.1 Å². The largest absolute Gasteiger partial charge is 0.352 e. The molecule has 0 unspecified atom stereocenters. The van der Waals surface area contributed by atoms with E-state index in [1.807, 2.05) is 13.0 Å². The molecule has 4 heteroatoms. The quantitative estimate of drug-likeness (QED) is 0.863. The summed E-state index contributed by atoms with van der Waals surface area (Å²) in [6.07, 6.45) is 1.96. The van der Waals surface area contributed by atoms with E-state index in [4.69, 9.17) is 0 Å².